The number of hydrogen-bond acceptors (Lipinski definition) is 4. The van der Waals surface area contributed by atoms with Gasteiger partial charge in [0.15, 0.2) is 5.79 Å². The third-order valence-electron chi connectivity index (χ3n) is 4.86. The molecular formula is C20H30O4. The second-order valence-electron chi connectivity index (χ2n) is 7.14. The lowest BCUT2D eigenvalue weighted by molar-refractivity contribution is -0.285. The Morgan fingerprint density at radius 3 is 2.67 bits per heavy atom. The molecule has 1 aliphatic rings. The van der Waals surface area contributed by atoms with Gasteiger partial charge in [-0.05, 0) is 50.5 Å². The Balaban J connectivity index is 2.02. The number of methoxy groups -OCH3 is 1. The van der Waals surface area contributed by atoms with Crippen LogP contribution in [0.25, 0.3) is 0 Å². The fourth-order valence-corrected chi connectivity index (χ4v) is 3.41. The van der Waals surface area contributed by atoms with E-state index < -0.39 is 5.79 Å². The highest BCUT2D eigenvalue weighted by atomic mass is 16.7. The van der Waals surface area contributed by atoms with Crippen LogP contribution in [0.5, 0.6) is 0 Å². The van der Waals surface area contributed by atoms with Crippen LogP contribution in [-0.4, -0.2) is 31.6 Å². The minimum atomic E-state index is -0.587. The molecule has 2 unspecified atom stereocenters. The Kier molecular flexibility index (Phi) is 6.81. The molecule has 1 fully saturated rings. The molecule has 0 saturated carbocycles. The average molecular weight is 334 g/mol. The molecule has 0 radical (unpaired) electrons. The molecule has 0 aliphatic carbocycles. The molecule has 1 heterocycles. The van der Waals surface area contributed by atoms with Crippen LogP contribution in [0.1, 0.15) is 45.6 Å². The number of ether oxygens (including phenoxy) is 3. The summed E-state index contributed by atoms with van der Waals surface area (Å²) in [6.45, 7) is 6.75. The van der Waals surface area contributed by atoms with E-state index in [1.807, 2.05) is 19.9 Å². The summed E-state index contributed by atoms with van der Waals surface area (Å²) in [7, 11) is 1.45. The third kappa shape index (κ3) is 5.60. The third-order valence-corrected chi connectivity index (χ3v) is 4.86. The molecule has 1 aromatic rings. The van der Waals surface area contributed by atoms with E-state index in [9.17, 15) is 4.79 Å². The van der Waals surface area contributed by atoms with Gasteiger partial charge in [0.1, 0.15) is 0 Å². The number of carbonyl (C=O) groups excluding carboxylic acids is 1. The van der Waals surface area contributed by atoms with E-state index >= 15 is 0 Å². The monoisotopic (exact) mass is 334 g/mol. The van der Waals surface area contributed by atoms with Crippen molar-refractivity contribution in [2.75, 3.05) is 13.7 Å². The van der Waals surface area contributed by atoms with Crippen LogP contribution < -0.4 is 0 Å². The van der Waals surface area contributed by atoms with E-state index in [0.717, 1.165) is 19.3 Å². The quantitative estimate of drug-likeness (QED) is 0.708. The average Bonchev–Trinajstić information content (AvgIpc) is 2.57. The Labute approximate surface area is 145 Å². The first-order valence-corrected chi connectivity index (χ1v) is 8.84. The van der Waals surface area contributed by atoms with Gasteiger partial charge in [-0.25, -0.2) is 0 Å². The fraction of sp³-hybridized carbons (Fsp3) is 0.650. The molecule has 4 nitrogen and oxygen atoms in total. The lowest BCUT2D eigenvalue weighted by atomic mass is 9.81. The Morgan fingerprint density at radius 2 is 2.04 bits per heavy atom. The van der Waals surface area contributed by atoms with Crippen molar-refractivity contribution in [3.05, 3.63) is 35.9 Å². The number of aryl methyl sites for hydroxylation is 1. The maximum atomic E-state index is 11.9. The predicted octanol–water partition coefficient (Wildman–Crippen LogP) is 3.98. The highest BCUT2D eigenvalue weighted by Gasteiger charge is 2.37. The summed E-state index contributed by atoms with van der Waals surface area (Å²) < 4.78 is 16.7. The summed E-state index contributed by atoms with van der Waals surface area (Å²) >= 11 is 0. The van der Waals surface area contributed by atoms with E-state index in [0.29, 0.717) is 18.9 Å². The molecule has 134 valence electrons. The molecule has 0 amide bonds. The molecule has 1 aromatic carbocycles. The van der Waals surface area contributed by atoms with Gasteiger partial charge in [0.2, 0.25) is 0 Å². The first kappa shape index (κ1) is 18.9. The van der Waals surface area contributed by atoms with Gasteiger partial charge in [0.05, 0.1) is 26.2 Å². The van der Waals surface area contributed by atoms with E-state index in [1.54, 1.807) is 0 Å². The van der Waals surface area contributed by atoms with Crippen molar-refractivity contribution in [2.24, 2.45) is 11.8 Å². The van der Waals surface area contributed by atoms with Gasteiger partial charge in [-0.3, -0.25) is 4.79 Å². The van der Waals surface area contributed by atoms with Crippen LogP contribution >= 0.6 is 0 Å². The number of carbonyl (C=O) groups is 1. The van der Waals surface area contributed by atoms with Gasteiger partial charge < -0.3 is 14.2 Å². The largest absolute Gasteiger partial charge is 0.469 e. The second kappa shape index (κ2) is 8.63. The highest BCUT2D eigenvalue weighted by Crippen LogP contribution is 2.34. The number of esters is 1. The number of rotatable bonds is 7. The molecule has 0 bridgehead atoms. The van der Waals surface area contributed by atoms with Crippen LogP contribution in [0.15, 0.2) is 30.3 Å². The van der Waals surface area contributed by atoms with Gasteiger partial charge in [0, 0.05) is 0 Å². The van der Waals surface area contributed by atoms with Gasteiger partial charge in [-0.1, -0.05) is 37.3 Å². The molecule has 2 rings (SSSR count). The SMILES string of the molecule is COC(=O)CC(C(C)CCc1ccccc1)[C@@H]1CCOC(C)(C)O1. The lowest BCUT2D eigenvalue weighted by Gasteiger charge is -2.41. The smallest absolute Gasteiger partial charge is 0.305 e. The van der Waals surface area contributed by atoms with Crippen molar-refractivity contribution in [2.45, 2.75) is 58.3 Å². The normalized spacial score (nSPS) is 22.6. The molecule has 0 aromatic heterocycles. The minimum Gasteiger partial charge on any atom is -0.469 e. The zero-order chi connectivity index (χ0) is 17.6. The number of hydrogen-bond donors (Lipinski definition) is 0. The van der Waals surface area contributed by atoms with Crippen molar-refractivity contribution in [3.8, 4) is 0 Å². The van der Waals surface area contributed by atoms with Gasteiger partial charge >= 0.3 is 5.97 Å². The van der Waals surface area contributed by atoms with Crippen molar-refractivity contribution in [1.82, 2.24) is 0 Å². The molecule has 1 aliphatic heterocycles. The zero-order valence-electron chi connectivity index (χ0n) is 15.3. The predicted molar refractivity (Wildman–Crippen MR) is 93.6 cm³/mol. The second-order valence-corrected chi connectivity index (χ2v) is 7.14. The van der Waals surface area contributed by atoms with E-state index in [2.05, 4.69) is 31.2 Å². The molecular weight excluding hydrogens is 304 g/mol. The summed E-state index contributed by atoms with van der Waals surface area (Å²) in [5, 5.41) is 0. The Bertz CT molecular complexity index is 512. The van der Waals surface area contributed by atoms with Crippen LogP contribution in [0.3, 0.4) is 0 Å². The maximum Gasteiger partial charge on any atom is 0.305 e. The van der Waals surface area contributed by atoms with Crippen molar-refractivity contribution >= 4 is 5.97 Å². The van der Waals surface area contributed by atoms with E-state index in [4.69, 9.17) is 14.2 Å². The van der Waals surface area contributed by atoms with E-state index in [-0.39, 0.29) is 18.0 Å². The Morgan fingerprint density at radius 1 is 1.33 bits per heavy atom. The summed E-state index contributed by atoms with van der Waals surface area (Å²) in [5.74, 6) is -0.247. The summed E-state index contributed by atoms with van der Waals surface area (Å²) in [6.07, 6.45) is 3.27. The van der Waals surface area contributed by atoms with Crippen molar-refractivity contribution in [3.63, 3.8) is 0 Å². The van der Waals surface area contributed by atoms with Gasteiger partial charge in [-0.2, -0.15) is 0 Å². The highest BCUT2D eigenvalue weighted by molar-refractivity contribution is 5.69. The van der Waals surface area contributed by atoms with Crippen molar-refractivity contribution in [1.29, 1.82) is 0 Å². The zero-order valence-corrected chi connectivity index (χ0v) is 15.3. The Hall–Kier alpha value is -1.39. The summed E-state index contributed by atoms with van der Waals surface area (Å²) in [4.78, 5) is 11.9. The number of benzene rings is 1. The topological polar surface area (TPSA) is 44.8 Å². The maximum absolute atomic E-state index is 11.9. The molecule has 1 saturated heterocycles. The van der Waals surface area contributed by atoms with Crippen LogP contribution in [0.4, 0.5) is 0 Å². The minimum absolute atomic E-state index is 0.0265. The molecule has 4 heteroatoms. The lowest BCUT2D eigenvalue weighted by Crippen LogP contribution is -2.45. The standard InChI is InChI=1S/C20H30O4/c1-15(10-11-16-8-6-5-7-9-16)17(14-19(21)22-4)18-12-13-23-20(2,3)24-18/h5-9,15,17-18H,10-14H2,1-4H3/t15?,17?,18-/m0/s1. The van der Waals surface area contributed by atoms with Gasteiger partial charge in [-0.15, -0.1) is 0 Å². The van der Waals surface area contributed by atoms with Crippen LogP contribution in [0.2, 0.25) is 0 Å². The van der Waals surface area contributed by atoms with Crippen molar-refractivity contribution < 1.29 is 19.0 Å². The molecule has 3 atom stereocenters. The molecule has 0 spiro atoms. The summed E-state index contributed by atoms with van der Waals surface area (Å²) in [5.41, 5.74) is 1.33. The van der Waals surface area contributed by atoms with E-state index in [1.165, 1.54) is 12.7 Å². The van der Waals surface area contributed by atoms with Gasteiger partial charge in [0.25, 0.3) is 0 Å². The fourth-order valence-electron chi connectivity index (χ4n) is 3.41. The van der Waals surface area contributed by atoms with Crippen LogP contribution in [-0.2, 0) is 25.4 Å². The first-order valence-electron chi connectivity index (χ1n) is 8.84. The first-order chi connectivity index (χ1) is 11.4. The summed E-state index contributed by atoms with van der Waals surface area (Å²) in [6, 6.07) is 10.5. The van der Waals surface area contributed by atoms with Crippen LogP contribution in [0, 0.1) is 11.8 Å². The molecule has 24 heavy (non-hydrogen) atoms. The molecule has 0 N–H and O–H groups in total.